The molecule has 0 saturated carbocycles. The van der Waals surface area contributed by atoms with E-state index in [0.717, 1.165) is 89.4 Å². The second-order valence-electron chi connectivity index (χ2n) is 13.3. The van der Waals surface area contributed by atoms with Crippen molar-refractivity contribution in [3.05, 3.63) is 0 Å². The van der Waals surface area contributed by atoms with Crippen LogP contribution in [-0.2, 0) is 23.9 Å². The molecule has 0 rings (SSSR count). The molecule has 0 atom stereocenters. The molecule has 0 fully saturated rings. The van der Waals surface area contributed by atoms with E-state index in [1.54, 1.807) is 0 Å². The third-order valence-electron chi connectivity index (χ3n) is 8.89. The van der Waals surface area contributed by atoms with Gasteiger partial charge >= 0.3 is 11.9 Å². The molecule has 0 aliphatic carbocycles. The highest BCUT2D eigenvalue weighted by Crippen LogP contribution is 2.22. The Balaban J connectivity index is 3.44. The Labute approximate surface area is 273 Å². The van der Waals surface area contributed by atoms with Crippen molar-refractivity contribution in [1.82, 2.24) is 0 Å². The monoisotopic (exact) mass is 623 g/mol. The zero-order valence-corrected chi connectivity index (χ0v) is 29.7. The molecule has 0 aliphatic heterocycles. The number of rotatable bonds is 35. The van der Waals surface area contributed by atoms with Gasteiger partial charge in [-0.05, 0) is 50.9 Å². The second-order valence-corrected chi connectivity index (χ2v) is 13.3. The number of ether oxygens (including phenoxy) is 2. The lowest BCUT2D eigenvalue weighted by Gasteiger charge is -2.16. The van der Waals surface area contributed by atoms with E-state index >= 15 is 0 Å². The number of Topliss-reactive ketones (excluding diaryl/α,β-unsaturated/α-hetero) is 1. The molecule has 5 heteroatoms. The standard InChI is InChI=1S/C39H74O5/c1-4-7-10-19-25-34-43-38(41)32-22-17-13-11-12-15-20-30-37(40)31-21-16-14-18-23-33-39(42)44-35-26-24-29-36(27-8-5-2)28-9-6-3/h36H,4-35H2,1-3H3. The van der Waals surface area contributed by atoms with E-state index in [2.05, 4.69) is 20.8 Å². The minimum atomic E-state index is -0.0443. The predicted molar refractivity (Wildman–Crippen MR) is 186 cm³/mol. The van der Waals surface area contributed by atoms with Crippen molar-refractivity contribution in [2.75, 3.05) is 13.2 Å². The smallest absolute Gasteiger partial charge is 0.305 e. The van der Waals surface area contributed by atoms with Crippen LogP contribution in [0.25, 0.3) is 0 Å². The third-order valence-corrected chi connectivity index (χ3v) is 8.89. The van der Waals surface area contributed by atoms with Crippen LogP contribution in [0, 0.1) is 5.92 Å². The van der Waals surface area contributed by atoms with Crippen molar-refractivity contribution in [3.63, 3.8) is 0 Å². The van der Waals surface area contributed by atoms with Crippen molar-refractivity contribution in [1.29, 1.82) is 0 Å². The maximum atomic E-state index is 12.2. The van der Waals surface area contributed by atoms with E-state index in [0.29, 0.717) is 44.7 Å². The third kappa shape index (κ3) is 32.0. The van der Waals surface area contributed by atoms with Crippen molar-refractivity contribution >= 4 is 17.7 Å². The Morgan fingerprint density at radius 3 is 1.18 bits per heavy atom. The fourth-order valence-electron chi connectivity index (χ4n) is 5.90. The van der Waals surface area contributed by atoms with Crippen LogP contribution in [0.5, 0.6) is 0 Å². The zero-order chi connectivity index (χ0) is 32.4. The Hall–Kier alpha value is -1.39. The molecule has 0 aromatic heterocycles. The minimum Gasteiger partial charge on any atom is -0.466 e. The Morgan fingerprint density at radius 1 is 0.386 bits per heavy atom. The lowest BCUT2D eigenvalue weighted by atomic mass is 9.91. The van der Waals surface area contributed by atoms with E-state index in [1.807, 2.05) is 0 Å². The number of esters is 2. The zero-order valence-electron chi connectivity index (χ0n) is 29.7. The van der Waals surface area contributed by atoms with Gasteiger partial charge in [-0.1, -0.05) is 143 Å². The predicted octanol–water partition coefficient (Wildman–Crippen LogP) is 12.0. The van der Waals surface area contributed by atoms with Gasteiger partial charge in [-0.2, -0.15) is 0 Å². The van der Waals surface area contributed by atoms with Crippen molar-refractivity contribution in [2.45, 2.75) is 213 Å². The summed E-state index contributed by atoms with van der Waals surface area (Å²) >= 11 is 0. The molecule has 0 bridgehead atoms. The van der Waals surface area contributed by atoms with Gasteiger partial charge in [-0.15, -0.1) is 0 Å². The molecular weight excluding hydrogens is 548 g/mol. The lowest BCUT2D eigenvalue weighted by Crippen LogP contribution is -2.07. The van der Waals surface area contributed by atoms with Gasteiger partial charge in [0, 0.05) is 25.7 Å². The van der Waals surface area contributed by atoms with Crippen molar-refractivity contribution < 1.29 is 23.9 Å². The molecule has 0 spiro atoms. The lowest BCUT2D eigenvalue weighted by molar-refractivity contribution is -0.144. The molecule has 0 N–H and O–H groups in total. The average molecular weight is 623 g/mol. The van der Waals surface area contributed by atoms with Gasteiger partial charge in [-0.3, -0.25) is 14.4 Å². The molecule has 0 aromatic rings. The van der Waals surface area contributed by atoms with Crippen LogP contribution in [0.3, 0.4) is 0 Å². The first-order valence-electron chi connectivity index (χ1n) is 19.4. The molecule has 44 heavy (non-hydrogen) atoms. The fraction of sp³-hybridized carbons (Fsp3) is 0.923. The number of unbranched alkanes of at least 4 members (excludes halogenated alkanes) is 17. The summed E-state index contributed by atoms with van der Waals surface area (Å²) in [6, 6.07) is 0. The molecule has 0 aliphatic rings. The summed E-state index contributed by atoms with van der Waals surface area (Å²) in [5.74, 6) is 1.17. The van der Waals surface area contributed by atoms with Crippen LogP contribution < -0.4 is 0 Å². The number of carbonyl (C=O) groups is 3. The van der Waals surface area contributed by atoms with Crippen LogP contribution in [0.2, 0.25) is 0 Å². The molecule has 0 heterocycles. The van der Waals surface area contributed by atoms with Crippen molar-refractivity contribution in [3.8, 4) is 0 Å². The van der Waals surface area contributed by atoms with E-state index in [1.165, 1.54) is 83.5 Å². The second kappa shape index (κ2) is 34.5. The molecular formula is C39H74O5. The molecule has 260 valence electrons. The van der Waals surface area contributed by atoms with Crippen LogP contribution >= 0.6 is 0 Å². The van der Waals surface area contributed by atoms with Crippen LogP contribution in [-0.4, -0.2) is 30.9 Å². The summed E-state index contributed by atoms with van der Waals surface area (Å²) in [6.45, 7) is 7.90. The van der Waals surface area contributed by atoms with Gasteiger partial charge in [-0.25, -0.2) is 0 Å². The van der Waals surface area contributed by atoms with Gasteiger partial charge in [0.05, 0.1) is 13.2 Å². The fourth-order valence-corrected chi connectivity index (χ4v) is 5.90. The van der Waals surface area contributed by atoms with Gasteiger partial charge in [0.15, 0.2) is 0 Å². The van der Waals surface area contributed by atoms with E-state index in [4.69, 9.17) is 9.47 Å². The summed E-state index contributed by atoms with van der Waals surface area (Å²) in [6.07, 6.45) is 32.5. The van der Waals surface area contributed by atoms with Gasteiger partial charge < -0.3 is 9.47 Å². The Kier molecular flexibility index (Phi) is 33.4. The Morgan fingerprint density at radius 2 is 0.727 bits per heavy atom. The summed E-state index contributed by atoms with van der Waals surface area (Å²) in [7, 11) is 0. The number of ketones is 1. The highest BCUT2D eigenvalue weighted by molar-refractivity contribution is 5.78. The first kappa shape index (κ1) is 42.6. The topological polar surface area (TPSA) is 69.7 Å². The number of carbonyl (C=O) groups excluding carboxylic acids is 3. The van der Waals surface area contributed by atoms with Crippen LogP contribution in [0.1, 0.15) is 213 Å². The first-order chi connectivity index (χ1) is 21.5. The SMILES string of the molecule is CCCCCCCOC(=O)CCCCCCCCCC(=O)CCCCCCCC(=O)OCCCCC(CCCC)CCCC. The minimum absolute atomic E-state index is 0.0383. The normalized spacial score (nSPS) is 11.3. The first-order valence-corrected chi connectivity index (χ1v) is 19.4. The van der Waals surface area contributed by atoms with Crippen LogP contribution in [0.4, 0.5) is 0 Å². The van der Waals surface area contributed by atoms with Gasteiger partial charge in [0.25, 0.3) is 0 Å². The largest absolute Gasteiger partial charge is 0.466 e. The summed E-state index contributed by atoms with van der Waals surface area (Å²) in [4.78, 5) is 36.0. The maximum absolute atomic E-state index is 12.2. The van der Waals surface area contributed by atoms with Crippen LogP contribution in [0.15, 0.2) is 0 Å². The molecule has 0 amide bonds. The number of hydrogen-bond acceptors (Lipinski definition) is 5. The Bertz CT molecular complexity index is 638. The molecule has 0 saturated heterocycles. The van der Waals surface area contributed by atoms with E-state index in [9.17, 15) is 14.4 Å². The highest BCUT2D eigenvalue weighted by Gasteiger charge is 2.09. The highest BCUT2D eigenvalue weighted by atomic mass is 16.5. The molecule has 5 nitrogen and oxygen atoms in total. The number of hydrogen-bond donors (Lipinski definition) is 0. The summed E-state index contributed by atoms with van der Waals surface area (Å²) in [5, 5.41) is 0. The maximum Gasteiger partial charge on any atom is 0.305 e. The average Bonchev–Trinajstić information content (AvgIpc) is 3.02. The molecule has 0 aromatic carbocycles. The molecule has 0 radical (unpaired) electrons. The summed E-state index contributed by atoms with van der Waals surface area (Å²) < 4.78 is 10.8. The summed E-state index contributed by atoms with van der Waals surface area (Å²) in [5.41, 5.74) is 0. The van der Waals surface area contributed by atoms with E-state index < -0.39 is 0 Å². The van der Waals surface area contributed by atoms with Crippen molar-refractivity contribution in [2.24, 2.45) is 5.92 Å². The molecule has 0 unspecified atom stereocenters. The quantitative estimate of drug-likeness (QED) is 0.0519. The van der Waals surface area contributed by atoms with Gasteiger partial charge in [0.1, 0.15) is 5.78 Å². The van der Waals surface area contributed by atoms with E-state index in [-0.39, 0.29) is 11.9 Å². The van der Waals surface area contributed by atoms with Gasteiger partial charge in [0.2, 0.25) is 0 Å².